The average Bonchev–Trinajstić information content (AvgIpc) is 2.78. The van der Waals surface area contributed by atoms with Gasteiger partial charge in [0, 0.05) is 56.2 Å². The van der Waals surface area contributed by atoms with Gasteiger partial charge < -0.3 is 5.32 Å². The molecule has 4 aromatic rings. The Morgan fingerprint density at radius 1 is 0.697 bits per heavy atom. The summed E-state index contributed by atoms with van der Waals surface area (Å²) in [5.41, 5.74) is 3.92. The molecule has 2 aromatic carbocycles. The van der Waals surface area contributed by atoms with Crippen LogP contribution in [0, 0.1) is 0 Å². The maximum absolute atomic E-state index is 13.2. The van der Waals surface area contributed by atoms with Crippen molar-refractivity contribution in [2.75, 3.05) is 13.1 Å². The third kappa shape index (κ3) is 4.63. The molecule has 4 nitrogen and oxygen atoms in total. The summed E-state index contributed by atoms with van der Waals surface area (Å²) in [4.78, 5) is 22.1. The smallest absolute Gasteiger partial charge is 0.187 e. The molecule has 0 bridgehead atoms. The Balaban J connectivity index is 1.52. The molecule has 0 atom stereocenters. The molecule has 0 amide bonds. The fraction of sp³-hybridized carbons (Fsp3) is 0.0800. The molecular formula is C25H15Cl4N3O. The predicted octanol–water partition coefficient (Wildman–Crippen LogP) is 7.04. The zero-order chi connectivity index (χ0) is 23.1. The van der Waals surface area contributed by atoms with Crippen molar-refractivity contribution in [3.05, 3.63) is 91.2 Å². The minimum absolute atomic E-state index is 0.0849. The van der Waals surface area contributed by atoms with Crippen LogP contribution >= 0.6 is 46.4 Å². The Morgan fingerprint density at radius 3 is 1.61 bits per heavy atom. The van der Waals surface area contributed by atoms with Gasteiger partial charge in [0.25, 0.3) is 0 Å². The fourth-order valence-electron chi connectivity index (χ4n) is 3.79. The molecule has 0 radical (unpaired) electrons. The van der Waals surface area contributed by atoms with E-state index in [2.05, 4.69) is 15.3 Å². The molecule has 33 heavy (non-hydrogen) atoms. The van der Waals surface area contributed by atoms with Gasteiger partial charge in [0.1, 0.15) is 10.3 Å². The van der Waals surface area contributed by atoms with E-state index in [1.54, 1.807) is 24.3 Å². The zero-order valence-corrected chi connectivity index (χ0v) is 20.0. The van der Waals surface area contributed by atoms with E-state index >= 15 is 0 Å². The first-order chi connectivity index (χ1) is 15.9. The number of carbonyl (C=O) groups excluding carboxylic acids is 1. The maximum Gasteiger partial charge on any atom is 0.187 e. The number of ketones is 1. The van der Waals surface area contributed by atoms with Gasteiger partial charge in [-0.2, -0.15) is 0 Å². The van der Waals surface area contributed by atoms with Crippen LogP contribution in [0.2, 0.25) is 20.4 Å². The monoisotopic (exact) mass is 513 g/mol. The molecule has 0 unspecified atom stereocenters. The number of hydrogen-bond donors (Lipinski definition) is 1. The average molecular weight is 515 g/mol. The summed E-state index contributed by atoms with van der Waals surface area (Å²) >= 11 is 25.0. The lowest BCUT2D eigenvalue weighted by atomic mass is 9.95. The Kier molecular flexibility index (Phi) is 6.12. The van der Waals surface area contributed by atoms with Crippen molar-refractivity contribution in [1.29, 1.82) is 0 Å². The second kappa shape index (κ2) is 9.05. The van der Waals surface area contributed by atoms with Crippen molar-refractivity contribution >= 4 is 86.1 Å². The second-order valence-corrected chi connectivity index (χ2v) is 9.27. The summed E-state index contributed by atoms with van der Waals surface area (Å²) < 4.78 is 0. The van der Waals surface area contributed by atoms with Gasteiger partial charge in [-0.25, -0.2) is 9.97 Å². The number of aromatic nitrogens is 2. The normalized spacial score (nSPS) is 16.9. The summed E-state index contributed by atoms with van der Waals surface area (Å²) in [6.07, 6.45) is 3.52. The molecule has 2 aromatic heterocycles. The van der Waals surface area contributed by atoms with Crippen LogP contribution in [0.4, 0.5) is 0 Å². The zero-order valence-electron chi connectivity index (χ0n) is 17.0. The largest absolute Gasteiger partial charge is 0.308 e. The molecule has 164 valence electrons. The van der Waals surface area contributed by atoms with Crippen molar-refractivity contribution in [3.63, 3.8) is 0 Å². The van der Waals surface area contributed by atoms with Gasteiger partial charge in [-0.15, -0.1) is 0 Å². The SMILES string of the molecule is O=C1/C(=C/c2cc3cc(Cl)ccc3nc2Cl)CNC/C1=C\c1cc2cc(Cl)ccc2nc1Cl. The van der Waals surface area contributed by atoms with Crippen LogP contribution < -0.4 is 5.32 Å². The molecule has 1 aliphatic rings. The Bertz CT molecular complexity index is 1400. The number of rotatable bonds is 2. The third-order valence-electron chi connectivity index (χ3n) is 5.39. The number of fused-ring (bicyclic) bond motifs is 2. The van der Waals surface area contributed by atoms with Crippen LogP contribution in [0.3, 0.4) is 0 Å². The Labute approximate surface area is 209 Å². The second-order valence-electron chi connectivity index (χ2n) is 7.68. The van der Waals surface area contributed by atoms with Gasteiger partial charge in [-0.3, -0.25) is 4.79 Å². The van der Waals surface area contributed by atoms with Crippen LogP contribution in [0.5, 0.6) is 0 Å². The van der Waals surface area contributed by atoms with Crippen LogP contribution in [-0.4, -0.2) is 28.8 Å². The van der Waals surface area contributed by atoms with E-state index < -0.39 is 0 Å². The molecule has 1 N–H and O–H groups in total. The predicted molar refractivity (Wildman–Crippen MR) is 137 cm³/mol. The van der Waals surface area contributed by atoms with E-state index in [1.165, 1.54) is 0 Å². The van der Waals surface area contributed by atoms with Crippen molar-refractivity contribution in [2.24, 2.45) is 0 Å². The minimum atomic E-state index is -0.0849. The molecule has 1 saturated heterocycles. The lowest BCUT2D eigenvalue weighted by molar-refractivity contribution is -0.112. The highest BCUT2D eigenvalue weighted by molar-refractivity contribution is 6.33. The van der Waals surface area contributed by atoms with E-state index in [9.17, 15) is 4.79 Å². The number of nitrogens with one attached hydrogen (secondary N) is 1. The summed E-state index contributed by atoms with van der Waals surface area (Å²) in [6.45, 7) is 0.832. The molecular weight excluding hydrogens is 500 g/mol. The van der Waals surface area contributed by atoms with Crippen LogP contribution in [0.1, 0.15) is 11.1 Å². The summed E-state index contributed by atoms with van der Waals surface area (Å²) in [7, 11) is 0. The van der Waals surface area contributed by atoms with Crippen molar-refractivity contribution in [3.8, 4) is 0 Å². The molecule has 8 heteroatoms. The van der Waals surface area contributed by atoms with Crippen molar-refractivity contribution in [1.82, 2.24) is 15.3 Å². The summed E-state index contributed by atoms with van der Waals surface area (Å²) in [6, 6.07) is 14.5. The number of carbonyl (C=O) groups is 1. The molecule has 0 aliphatic carbocycles. The van der Waals surface area contributed by atoms with Crippen LogP contribution in [0.25, 0.3) is 34.0 Å². The number of pyridine rings is 2. The van der Waals surface area contributed by atoms with E-state index in [0.717, 1.165) is 21.8 Å². The van der Waals surface area contributed by atoms with Crippen molar-refractivity contribution < 1.29 is 4.79 Å². The number of hydrogen-bond acceptors (Lipinski definition) is 4. The van der Waals surface area contributed by atoms with Gasteiger partial charge in [-0.05, 0) is 60.7 Å². The quantitative estimate of drug-likeness (QED) is 0.230. The first-order valence-electron chi connectivity index (χ1n) is 10.1. The lowest BCUT2D eigenvalue weighted by Crippen LogP contribution is -2.32. The molecule has 1 fully saturated rings. The van der Waals surface area contributed by atoms with Gasteiger partial charge in [0.15, 0.2) is 5.78 Å². The Morgan fingerprint density at radius 2 is 1.15 bits per heavy atom. The third-order valence-corrected chi connectivity index (χ3v) is 6.46. The first kappa shape index (κ1) is 22.3. The number of benzene rings is 2. The highest BCUT2D eigenvalue weighted by atomic mass is 35.5. The molecule has 3 heterocycles. The summed E-state index contributed by atoms with van der Waals surface area (Å²) in [5, 5.41) is 6.80. The van der Waals surface area contributed by atoms with Gasteiger partial charge >= 0.3 is 0 Å². The number of nitrogens with zero attached hydrogens (tertiary/aromatic N) is 2. The molecule has 0 spiro atoms. The van der Waals surface area contributed by atoms with Crippen molar-refractivity contribution in [2.45, 2.75) is 0 Å². The van der Waals surface area contributed by atoms with E-state index in [1.807, 2.05) is 36.4 Å². The highest BCUT2D eigenvalue weighted by Crippen LogP contribution is 2.28. The number of piperidine rings is 1. The van der Waals surface area contributed by atoms with Crippen LogP contribution in [0.15, 0.2) is 59.7 Å². The standard InChI is InChI=1S/C25H15Cl4N3O/c26-19-1-3-21-13(9-19)5-15(24(28)31-21)7-17-11-30-12-18(23(17)33)8-16-6-14-10-20(27)2-4-22(14)32-25(16)29/h1-10,30H,11-12H2/b17-7+,18-8+. The lowest BCUT2D eigenvalue weighted by Gasteiger charge is -2.18. The van der Waals surface area contributed by atoms with E-state index in [4.69, 9.17) is 46.4 Å². The van der Waals surface area contributed by atoms with Gasteiger partial charge in [0.05, 0.1) is 11.0 Å². The number of halogens is 4. The molecule has 1 aliphatic heterocycles. The molecule has 0 saturated carbocycles. The number of Topliss-reactive ketones (excluding diaryl/α,β-unsaturated/α-hetero) is 1. The van der Waals surface area contributed by atoms with Gasteiger partial charge in [0.2, 0.25) is 0 Å². The minimum Gasteiger partial charge on any atom is -0.308 e. The first-order valence-corrected chi connectivity index (χ1v) is 11.6. The summed E-state index contributed by atoms with van der Waals surface area (Å²) in [5.74, 6) is -0.0849. The molecule has 5 rings (SSSR count). The van der Waals surface area contributed by atoms with E-state index in [-0.39, 0.29) is 5.78 Å². The fourth-order valence-corrected chi connectivity index (χ4v) is 4.55. The topological polar surface area (TPSA) is 54.9 Å². The Hall–Kier alpha value is -2.47. The van der Waals surface area contributed by atoms with Crippen LogP contribution in [-0.2, 0) is 4.79 Å². The maximum atomic E-state index is 13.2. The van der Waals surface area contributed by atoms with Gasteiger partial charge in [-0.1, -0.05) is 46.4 Å². The van der Waals surface area contributed by atoms with E-state index in [0.29, 0.717) is 55.7 Å². The highest BCUT2D eigenvalue weighted by Gasteiger charge is 2.21.